The van der Waals surface area contributed by atoms with Gasteiger partial charge in [-0.05, 0) is 39.7 Å². The average molecular weight is 215 g/mol. The second-order valence-corrected chi connectivity index (χ2v) is 5.28. The van der Waals surface area contributed by atoms with Gasteiger partial charge in [0.05, 0.1) is 0 Å². The summed E-state index contributed by atoms with van der Waals surface area (Å²) in [6, 6.07) is 0.0343. The van der Waals surface area contributed by atoms with Crippen molar-refractivity contribution in [1.29, 1.82) is 0 Å². The quantitative estimate of drug-likeness (QED) is 0.664. The van der Waals surface area contributed by atoms with Crippen LogP contribution in [0.2, 0.25) is 0 Å². The van der Waals surface area contributed by atoms with E-state index in [2.05, 4.69) is 24.5 Å². The lowest BCUT2D eigenvalue weighted by Gasteiger charge is -2.26. The first-order chi connectivity index (χ1) is 6.76. The van der Waals surface area contributed by atoms with Crippen molar-refractivity contribution in [3.05, 3.63) is 0 Å². The summed E-state index contributed by atoms with van der Waals surface area (Å²) >= 11 is 0. The molecule has 0 fully saturated rings. The summed E-state index contributed by atoms with van der Waals surface area (Å²) in [5, 5.41) is 5.82. The van der Waals surface area contributed by atoms with Crippen molar-refractivity contribution in [2.24, 2.45) is 11.7 Å². The molecule has 90 valence electrons. The summed E-state index contributed by atoms with van der Waals surface area (Å²) in [5.41, 5.74) is 5.30. The topological polar surface area (TPSA) is 67.1 Å². The van der Waals surface area contributed by atoms with E-state index in [0.29, 0.717) is 12.5 Å². The van der Waals surface area contributed by atoms with E-state index in [1.165, 1.54) is 0 Å². The summed E-state index contributed by atoms with van der Waals surface area (Å²) in [7, 11) is 0. The van der Waals surface area contributed by atoms with Gasteiger partial charge in [-0.1, -0.05) is 13.8 Å². The maximum absolute atomic E-state index is 11.6. The van der Waals surface area contributed by atoms with Crippen molar-refractivity contribution >= 4 is 6.03 Å². The molecule has 0 aliphatic rings. The van der Waals surface area contributed by atoms with E-state index in [1.807, 2.05) is 20.8 Å². The lowest BCUT2D eigenvalue weighted by Crippen LogP contribution is -2.51. The largest absolute Gasteiger partial charge is 0.335 e. The van der Waals surface area contributed by atoms with Crippen molar-refractivity contribution < 1.29 is 4.79 Å². The third-order valence-corrected chi connectivity index (χ3v) is 2.09. The number of hydrogen-bond acceptors (Lipinski definition) is 2. The molecule has 0 aromatic heterocycles. The number of nitrogens with one attached hydrogen (secondary N) is 2. The molecule has 0 spiro atoms. The molecule has 4 nitrogen and oxygen atoms in total. The van der Waals surface area contributed by atoms with Crippen molar-refractivity contribution in [2.45, 2.75) is 52.6 Å². The van der Waals surface area contributed by atoms with Crippen molar-refractivity contribution in [2.75, 3.05) is 6.54 Å². The van der Waals surface area contributed by atoms with E-state index in [0.717, 1.165) is 6.42 Å². The molecule has 1 atom stereocenters. The van der Waals surface area contributed by atoms with Gasteiger partial charge in [0.1, 0.15) is 0 Å². The minimum absolute atomic E-state index is 0.116. The smallest absolute Gasteiger partial charge is 0.315 e. The molecule has 0 rings (SSSR count). The zero-order valence-electron chi connectivity index (χ0n) is 10.6. The van der Waals surface area contributed by atoms with Crippen LogP contribution in [0.25, 0.3) is 0 Å². The number of rotatable bonds is 4. The number of urea groups is 1. The second-order valence-electron chi connectivity index (χ2n) is 5.28. The van der Waals surface area contributed by atoms with E-state index in [1.54, 1.807) is 0 Å². The Labute approximate surface area is 93.0 Å². The molecular formula is C11H25N3O. The summed E-state index contributed by atoms with van der Waals surface area (Å²) in [4.78, 5) is 11.6. The van der Waals surface area contributed by atoms with Crippen molar-refractivity contribution in [3.8, 4) is 0 Å². The molecule has 15 heavy (non-hydrogen) atoms. The molecule has 0 aliphatic heterocycles. The number of carbonyl (C=O) groups is 1. The van der Waals surface area contributed by atoms with Gasteiger partial charge in [0.25, 0.3) is 0 Å². The zero-order chi connectivity index (χ0) is 12.1. The Morgan fingerprint density at radius 2 is 1.87 bits per heavy atom. The molecule has 0 radical (unpaired) electrons. The summed E-state index contributed by atoms with van der Waals surface area (Å²) in [5.74, 6) is 0.402. The van der Waals surface area contributed by atoms with E-state index in [-0.39, 0.29) is 17.6 Å². The Kier molecular flexibility index (Phi) is 5.65. The van der Waals surface area contributed by atoms with Gasteiger partial charge in [-0.25, -0.2) is 4.79 Å². The molecule has 0 saturated carbocycles. The van der Waals surface area contributed by atoms with E-state index >= 15 is 0 Å². The standard InChI is InChI=1S/C11H25N3O/c1-8(2)9(6-7-12)13-10(15)14-11(3,4)5/h8-9H,6-7,12H2,1-5H3,(H2,13,14,15). The predicted octanol–water partition coefficient (Wildman–Crippen LogP) is 1.46. The SMILES string of the molecule is CC(C)C(CCN)NC(=O)NC(C)(C)C. The van der Waals surface area contributed by atoms with Crippen LogP contribution in [0.15, 0.2) is 0 Å². The Morgan fingerprint density at radius 3 is 2.20 bits per heavy atom. The Balaban J connectivity index is 4.11. The van der Waals surface area contributed by atoms with E-state index < -0.39 is 0 Å². The normalized spacial score (nSPS) is 13.8. The highest BCUT2D eigenvalue weighted by molar-refractivity contribution is 5.75. The third-order valence-electron chi connectivity index (χ3n) is 2.09. The molecule has 0 aliphatic carbocycles. The predicted molar refractivity (Wildman–Crippen MR) is 63.7 cm³/mol. The van der Waals surface area contributed by atoms with Gasteiger partial charge in [0.15, 0.2) is 0 Å². The monoisotopic (exact) mass is 215 g/mol. The van der Waals surface area contributed by atoms with Gasteiger partial charge in [-0.15, -0.1) is 0 Å². The van der Waals surface area contributed by atoms with Gasteiger partial charge in [0.2, 0.25) is 0 Å². The molecular weight excluding hydrogens is 190 g/mol. The van der Waals surface area contributed by atoms with Gasteiger partial charge in [0, 0.05) is 11.6 Å². The van der Waals surface area contributed by atoms with Crippen LogP contribution in [0.3, 0.4) is 0 Å². The van der Waals surface area contributed by atoms with Crippen LogP contribution in [-0.4, -0.2) is 24.2 Å². The molecule has 2 amide bonds. The molecule has 4 N–H and O–H groups in total. The highest BCUT2D eigenvalue weighted by Crippen LogP contribution is 2.05. The van der Waals surface area contributed by atoms with Crippen LogP contribution >= 0.6 is 0 Å². The van der Waals surface area contributed by atoms with Crippen LogP contribution in [0.4, 0.5) is 4.79 Å². The fourth-order valence-electron chi connectivity index (χ4n) is 1.30. The first-order valence-corrected chi connectivity index (χ1v) is 5.55. The highest BCUT2D eigenvalue weighted by atomic mass is 16.2. The molecule has 4 heteroatoms. The molecule has 0 heterocycles. The molecule has 1 unspecified atom stereocenters. The van der Waals surface area contributed by atoms with Gasteiger partial charge < -0.3 is 16.4 Å². The first-order valence-electron chi connectivity index (χ1n) is 5.55. The second kappa shape index (κ2) is 5.95. The molecule has 0 aromatic carbocycles. The number of nitrogens with two attached hydrogens (primary N) is 1. The van der Waals surface area contributed by atoms with Gasteiger partial charge in [-0.3, -0.25) is 0 Å². The summed E-state index contributed by atoms with van der Waals surface area (Å²) in [6.07, 6.45) is 0.815. The zero-order valence-corrected chi connectivity index (χ0v) is 10.6. The molecule has 0 saturated heterocycles. The average Bonchev–Trinajstić information content (AvgIpc) is 1.99. The maximum Gasteiger partial charge on any atom is 0.315 e. The minimum atomic E-state index is -0.200. The van der Waals surface area contributed by atoms with Crippen LogP contribution in [0, 0.1) is 5.92 Å². The number of hydrogen-bond donors (Lipinski definition) is 3. The van der Waals surface area contributed by atoms with Crippen LogP contribution in [0.1, 0.15) is 41.0 Å². The number of amides is 2. The third kappa shape index (κ3) is 7.19. The fourth-order valence-corrected chi connectivity index (χ4v) is 1.30. The lowest BCUT2D eigenvalue weighted by atomic mass is 10.0. The van der Waals surface area contributed by atoms with Crippen LogP contribution < -0.4 is 16.4 Å². The maximum atomic E-state index is 11.6. The number of carbonyl (C=O) groups excluding carboxylic acids is 1. The van der Waals surface area contributed by atoms with Gasteiger partial charge in [-0.2, -0.15) is 0 Å². The van der Waals surface area contributed by atoms with Crippen molar-refractivity contribution in [1.82, 2.24) is 10.6 Å². The molecule has 0 aromatic rings. The fraction of sp³-hybridized carbons (Fsp3) is 0.909. The summed E-state index contributed by atoms with van der Waals surface area (Å²) < 4.78 is 0. The Bertz CT molecular complexity index is 196. The summed E-state index contributed by atoms with van der Waals surface area (Å²) in [6.45, 7) is 10.6. The van der Waals surface area contributed by atoms with Gasteiger partial charge >= 0.3 is 6.03 Å². The van der Waals surface area contributed by atoms with Crippen LogP contribution in [0.5, 0.6) is 0 Å². The van der Waals surface area contributed by atoms with Crippen LogP contribution in [-0.2, 0) is 0 Å². The van der Waals surface area contributed by atoms with Crippen molar-refractivity contribution in [3.63, 3.8) is 0 Å². The van der Waals surface area contributed by atoms with E-state index in [9.17, 15) is 4.79 Å². The Morgan fingerprint density at radius 1 is 1.33 bits per heavy atom. The minimum Gasteiger partial charge on any atom is -0.335 e. The Hall–Kier alpha value is -0.770. The highest BCUT2D eigenvalue weighted by Gasteiger charge is 2.18. The first kappa shape index (κ1) is 14.2. The van der Waals surface area contributed by atoms with E-state index in [4.69, 9.17) is 5.73 Å². The lowest BCUT2D eigenvalue weighted by molar-refractivity contribution is 0.223. The molecule has 0 bridgehead atoms.